The second-order valence-corrected chi connectivity index (χ2v) is 2.65. The molecule has 0 fully saturated rings. The van der Waals surface area contributed by atoms with Crippen LogP contribution in [0.3, 0.4) is 0 Å². The van der Waals surface area contributed by atoms with Gasteiger partial charge in [0.2, 0.25) is 0 Å². The summed E-state index contributed by atoms with van der Waals surface area (Å²) < 4.78 is 4.71. The smallest absolute Gasteiger partial charge is 0.356 e. The number of rotatable bonds is 3. The molecule has 1 aromatic heterocycles. The number of azide groups is 1. The van der Waals surface area contributed by atoms with Gasteiger partial charge in [-0.05, 0) is 29.7 Å². The van der Waals surface area contributed by atoms with Gasteiger partial charge in [-0.1, -0.05) is 0 Å². The summed E-state index contributed by atoms with van der Waals surface area (Å²) in [5.41, 5.74) is 8.27. The van der Waals surface area contributed by atoms with E-state index >= 15 is 0 Å². The molecule has 82 valence electrons. The molecule has 1 heterocycles. The molecule has 0 radical (unpaired) electrons. The van der Waals surface area contributed by atoms with E-state index in [1.165, 1.54) is 12.1 Å². The minimum atomic E-state index is -0.745. The van der Waals surface area contributed by atoms with Gasteiger partial charge in [0.1, 0.15) is 5.69 Å². The summed E-state index contributed by atoms with van der Waals surface area (Å²) in [7, 11) is 0. The van der Waals surface area contributed by atoms with Crippen molar-refractivity contribution in [1.29, 1.82) is 0 Å². The van der Waals surface area contributed by atoms with Gasteiger partial charge in [0, 0.05) is 16.7 Å². The van der Waals surface area contributed by atoms with E-state index in [1.807, 2.05) is 0 Å². The van der Waals surface area contributed by atoms with E-state index < -0.39 is 11.9 Å². The second kappa shape index (κ2) is 5.47. The minimum absolute atomic E-state index is 0.0966. The Morgan fingerprint density at radius 1 is 1.56 bits per heavy atom. The van der Waals surface area contributed by atoms with Gasteiger partial charge in [0.15, 0.2) is 0 Å². The summed E-state index contributed by atoms with van der Waals surface area (Å²) in [6.07, 6.45) is 1.16. The van der Waals surface area contributed by atoms with Gasteiger partial charge in [0.25, 0.3) is 5.91 Å². The van der Waals surface area contributed by atoms with Gasteiger partial charge in [-0.2, -0.15) is 0 Å². The highest BCUT2D eigenvalue weighted by atomic mass is 16.5. The van der Waals surface area contributed by atoms with E-state index in [2.05, 4.69) is 15.0 Å². The molecule has 0 spiro atoms. The maximum Gasteiger partial charge on any atom is 0.356 e. The van der Waals surface area contributed by atoms with Crippen molar-refractivity contribution in [3.8, 4) is 0 Å². The van der Waals surface area contributed by atoms with Crippen LogP contribution in [0, 0.1) is 0 Å². The highest BCUT2D eigenvalue weighted by Crippen LogP contribution is 2.03. The Balaban J connectivity index is 2.86. The highest BCUT2D eigenvalue weighted by molar-refractivity contribution is 5.95. The standard InChI is InChI=1S/C9H8N4O3/c1-2-16-9(15)7-4-3-6(5-11-7)8(14)12-13-10/h3-5H,2H2,1H3. The van der Waals surface area contributed by atoms with Gasteiger partial charge in [-0.25, -0.2) is 9.78 Å². The first-order chi connectivity index (χ1) is 7.69. The third kappa shape index (κ3) is 2.79. The first-order valence-corrected chi connectivity index (χ1v) is 4.41. The number of esters is 1. The predicted octanol–water partition coefficient (Wildman–Crippen LogP) is 1.71. The normalized spacial score (nSPS) is 9.06. The van der Waals surface area contributed by atoms with Crippen molar-refractivity contribution >= 4 is 11.9 Å². The first-order valence-electron chi connectivity index (χ1n) is 4.41. The largest absolute Gasteiger partial charge is 0.461 e. The topological polar surface area (TPSA) is 105 Å². The molecule has 0 aromatic carbocycles. The van der Waals surface area contributed by atoms with Crippen LogP contribution < -0.4 is 0 Å². The molecule has 1 aromatic rings. The van der Waals surface area contributed by atoms with Crippen molar-refractivity contribution in [2.24, 2.45) is 5.11 Å². The number of nitrogens with zero attached hydrogens (tertiary/aromatic N) is 4. The minimum Gasteiger partial charge on any atom is -0.461 e. The fraction of sp³-hybridized carbons (Fsp3) is 0.222. The lowest BCUT2D eigenvalue weighted by Gasteiger charge is -2.00. The number of pyridine rings is 1. The molecule has 0 bridgehead atoms. The first kappa shape index (κ1) is 11.7. The third-order valence-electron chi connectivity index (χ3n) is 1.63. The molecule has 16 heavy (non-hydrogen) atoms. The lowest BCUT2D eigenvalue weighted by molar-refractivity contribution is 0.0519. The summed E-state index contributed by atoms with van der Waals surface area (Å²) in [6, 6.07) is 2.67. The van der Waals surface area contributed by atoms with Crippen molar-refractivity contribution in [3.05, 3.63) is 40.0 Å². The second-order valence-electron chi connectivity index (χ2n) is 2.65. The van der Waals surface area contributed by atoms with Crippen LogP contribution in [0.4, 0.5) is 0 Å². The molecule has 0 aliphatic carbocycles. The summed E-state index contributed by atoms with van der Waals surface area (Å²) >= 11 is 0. The van der Waals surface area contributed by atoms with Crippen LogP contribution in [0.15, 0.2) is 23.4 Å². The molecule has 0 aliphatic heterocycles. The Morgan fingerprint density at radius 2 is 2.31 bits per heavy atom. The summed E-state index contributed by atoms with van der Waals surface area (Å²) in [5.74, 6) is -1.31. The highest BCUT2D eigenvalue weighted by Gasteiger charge is 2.09. The lowest BCUT2D eigenvalue weighted by Crippen LogP contribution is -2.07. The number of aromatic nitrogens is 1. The van der Waals surface area contributed by atoms with Gasteiger partial charge < -0.3 is 4.74 Å². The number of amides is 1. The van der Waals surface area contributed by atoms with E-state index in [4.69, 9.17) is 10.3 Å². The van der Waals surface area contributed by atoms with Crippen LogP contribution in [-0.2, 0) is 4.74 Å². The summed E-state index contributed by atoms with van der Waals surface area (Å²) in [5, 5.41) is 2.89. The zero-order chi connectivity index (χ0) is 12.0. The molecule has 7 heteroatoms. The van der Waals surface area contributed by atoms with Crippen molar-refractivity contribution in [2.75, 3.05) is 6.61 Å². The van der Waals surface area contributed by atoms with Gasteiger partial charge in [0.05, 0.1) is 6.61 Å². The monoisotopic (exact) mass is 220 g/mol. The number of hydrogen-bond acceptors (Lipinski definition) is 4. The van der Waals surface area contributed by atoms with Crippen LogP contribution in [0.1, 0.15) is 27.8 Å². The molecular weight excluding hydrogens is 212 g/mol. The van der Waals surface area contributed by atoms with Crippen molar-refractivity contribution in [1.82, 2.24) is 4.98 Å². The molecule has 7 nitrogen and oxygen atoms in total. The van der Waals surface area contributed by atoms with E-state index in [0.717, 1.165) is 6.20 Å². The third-order valence-corrected chi connectivity index (χ3v) is 1.63. The Labute approximate surface area is 90.7 Å². The fourth-order valence-corrected chi connectivity index (χ4v) is 0.945. The maximum absolute atomic E-state index is 11.2. The van der Waals surface area contributed by atoms with Crippen molar-refractivity contribution < 1.29 is 14.3 Å². The molecular formula is C9H8N4O3. The maximum atomic E-state index is 11.2. The van der Waals surface area contributed by atoms with Gasteiger partial charge >= 0.3 is 5.97 Å². The molecule has 1 rings (SSSR count). The van der Waals surface area contributed by atoms with Gasteiger partial charge in [-0.15, -0.1) is 0 Å². The number of ether oxygens (including phenoxy) is 1. The van der Waals surface area contributed by atoms with E-state index in [0.29, 0.717) is 0 Å². The Morgan fingerprint density at radius 3 is 2.81 bits per heavy atom. The molecule has 0 atom stereocenters. The molecule has 0 saturated heterocycles. The zero-order valence-electron chi connectivity index (χ0n) is 8.45. The number of carbonyl (C=O) groups is 2. The van der Waals surface area contributed by atoms with Crippen molar-refractivity contribution in [3.63, 3.8) is 0 Å². The summed E-state index contributed by atoms with van der Waals surface area (Å²) in [6.45, 7) is 1.93. The quantitative estimate of drug-likeness (QED) is 0.334. The van der Waals surface area contributed by atoms with Gasteiger partial charge in [-0.3, -0.25) is 4.79 Å². The average molecular weight is 220 g/mol. The lowest BCUT2D eigenvalue weighted by atomic mass is 10.2. The molecule has 0 N–H and O–H groups in total. The number of hydrogen-bond donors (Lipinski definition) is 0. The van der Waals surface area contributed by atoms with Crippen LogP contribution in [0.25, 0.3) is 10.4 Å². The molecule has 0 aliphatic rings. The fourth-order valence-electron chi connectivity index (χ4n) is 0.945. The van der Waals surface area contributed by atoms with E-state index in [9.17, 15) is 9.59 Å². The Kier molecular flexibility index (Phi) is 3.99. The Bertz CT molecular complexity index is 448. The molecule has 1 amide bonds. The molecule has 0 saturated carbocycles. The van der Waals surface area contributed by atoms with Crippen LogP contribution in [-0.4, -0.2) is 23.5 Å². The van der Waals surface area contributed by atoms with Crippen molar-refractivity contribution in [2.45, 2.75) is 6.92 Å². The Hall–Kier alpha value is -2.40. The van der Waals surface area contributed by atoms with E-state index in [1.54, 1.807) is 6.92 Å². The average Bonchev–Trinajstić information content (AvgIpc) is 2.30. The van der Waals surface area contributed by atoms with Crippen LogP contribution >= 0.6 is 0 Å². The summed E-state index contributed by atoms with van der Waals surface area (Å²) in [4.78, 5) is 28.4. The number of carbonyl (C=O) groups excluding carboxylic acids is 2. The predicted molar refractivity (Wildman–Crippen MR) is 53.7 cm³/mol. The van der Waals surface area contributed by atoms with Crippen LogP contribution in [0.2, 0.25) is 0 Å². The van der Waals surface area contributed by atoms with E-state index in [-0.39, 0.29) is 17.9 Å². The SMILES string of the molecule is CCOC(=O)c1ccc(C(=O)N=[N+]=[N-])cn1. The molecule has 0 unspecified atom stereocenters. The zero-order valence-corrected chi connectivity index (χ0v) is 8.45. The van der Waals surface area contributed by atoms with Crippen LogP contribution in [0.5, 0.6) is 0 Å².